The molecule has 1 saturated heterocycles. The smallest absolute Gasteiger partial charge is 0.156 e. The van der Waals surface area contributed by atoms with Crippen LogP contribution in [0.25, 0.3) is 0 Å². The van der Waals surface area contributed by atoms with Crippen LogP contribution in [0.2, 0.25) is 0 Å². The first-order chi connectivity index (χ1) is 6.38. The molecule has 0 radical (unpaired) electrons. The van der Waals surface area contributed by atoms with E-state index < -0.39 is 0 Å². The van der Waals surface area contributed by atoms with Crippen molar-refractivity contribution in [2.45, 2.75) is 25.4 Å². The Balaban J connectivity index is 1.75. The lowest BCUT2D eigenvalue weighted by atomic mass is 9.85. The monoisotopic (exact) mass is 180 g/mol. The summed E-state index contributed by atoms with van der Waals surface area (Å²) in [6.45, 7) is 3.73. The van der Waals surface area contributed by atoms with Gasteiger partial charge in [-0.25, -0.2) is 0 Å². The molecule has 0 aromatic heterocycles. The van der Waals surface area contributed by atoms with Crippen LogP contribution in [-0.2, 0) is 4.74 Å². The van der Waals surface area contributed by atoms with E-state index in [2.05, 4.69) is 11.0 Å². The van der Waals surface area contributed by atoms with E-state index in [1.54, 1.807) is 0 Å². The Morgan fingerprint density at radius 1 is 1.46 bits per heavy atom. The van der Waals surface area contributed by atoms with Crippen LogP contribution in [0.15, 0.2) is 0 Å². The van der Waals surface area contributed by atoms with Gasteiger partial charge >= 0.3 is 0 Å². The van der Waals surface area contributed by atoms with Crippen molar-refractivity contribution in [3.63, 3.8) is 0 Å². The predicted octanol–water partition coefficient (Wildman–Crippen LogP) is 1.01. The second-order valence-corrected chi connectivity index (χ2v) is 4.05. The molecule has 2 fully saturated rings. The standard InChI is InChI=1S/C10H16N2O/c11-6-10-8-12(4-5-13-10)7-9-2-1-3-9/h9-10H,1-5,7-8H2. The third-order valence-corrected chi connectivity index (χ3v) is 3.04. The molecule has 2 aliphatic rings. The van der Waals surface area contributed by atoms with Crippen molar-refractivity contribution in [3.05, 3.63) is 0 Å². The number of morpholine rings is 1. The minimum atomic E-state index is -0.186. The fourth-order valence-corrected chi connectivity index (χ4v) is 1.99. The van der Waals surface area contributed by atoms with E-state index in [0.29, 0.717) is 0 Å². The maximum Gasteiger partial charge on any atom is 0.156 e. The molecule has 13 heavy (non-hydrogen) atoms. The first kappa shape index (κ1) is 8.98. The van der Waals surface area contributed by atoms with Crippen molar-refractivity contribution >= 4 is 0 Å². The lowest BCUT2D eigenvalue weighted by Gasteiger charge is -2.35. The fourth-order valence-electron chi connectivity index (χ4n) is 1.99. The van der Waals surface area contributed by atoms with E-state index in [1.165, 1.54) is 25.8 Å². The Morgan fingerprint density at radius 2 is 2.31 bits per heavy atom. The summed E-state index contributed by atoms with van der Waals surface area (Å²) in [5.41, 5.74) is 0. The summed E-state index contributed by atoms with van der Waals surface area (Å²) in [5.74, 6) is 0.900. The highest BCUT2D eigenvalue weighted by Crippen LogP contribution is 2.27. The quantitative estimate of drug-likeness (QED) is 0.636. The van der Waals surface area contributed by atoms with Gasteiger partial charge in [-0.3, -0.25) is 4.90 Å². The Labute approximate surface area is 79.3 Å². The van der Waals surface area contributed by atoms with Gasteiger partial charge in [0.1, 0.15) is 0 Å². The van der Waals surface area contributed by atoms with Gasteiger partial charge in [-0.2, -0.15) is 5.26 Å². The Morgan fingerprint density at radius 3 is 2.92 bits per heavy atom. The number of rotatable bonds is 2. The van der Waals surface area contributed by atoms with Crippen molar-refractivity contribution in [2.24, 2.45) is 5.92 Å². The molecule has 0 spiro atoms. The predicted molar refractivity (Wildman–Crippen MR) is 49.1 cm³/mol. The van der Waals surface area contributed by atoms with E-state index in [9.17, 15) is 0 Å². The molecular formula is C10H16N2O. The Hall–Kier alpha value is -0.590. The summed E-state index contributed by atoms with van der Waals surface area (Å²) in [5, 5.41) is 8.71. The zero-order valence-corrected chi connectivity index (χ0v) is 7.91. The fraction of sp³-hybridized carbons (Fsp3) is 0.900. The van der Waals surface area contributed by atoms with Gasteiger partial charge in [-0.05, 0) is 18.8 Å². The SMILES string of the molecule is N#CC1CN(CC2CCC2)CCO1. The lowest BCUT2D eigenvalue weighted by molar-refractivity contribution is -0.00964. The van der Waals surface area contributed by atoms with Crippen LogP contribution in [0.3, 0.4) is 0 Å². The van der Waals surface area contributed by atoms with Gasteiger partial charge in [0.2, 0.25) is 0 Å². The molecule has 3 nitrogen and oxygen atoms in total. The molecule has 0 aromatic rings. The molecule has 3 heteroatoms. The lowest BCUT2D eigenvalue weighted by Crippen LogP contribution is -2.44. The Bertz CT molecular complexity index is 207. The molecule has 1 unspecified atom stereocenters. The highest BCUT2D eigenvalue weighted by Gasteiger charge is 2.25. The molecule has 1 saturated carbocycles. The Kier molecular flexibility index (Phi) is 2.82. The number of hydrogen-bond donors (Lipinski definition) is 0. The number of ether oxygens (including phenoxy) is 1. The summed E-state index contributed by atoms with van der Waals surface area (Å²) < 4.78 is 5.29. The second kappa shape index (κ2) is 4.08. The number of nitrogens with zero attached hydrogens (tertiary/aromatic N) is 2. The van der Waals surface area contributed by atoms with E-state index in [4.69, 9.17) is 10.00 Å². The summed E-state index contributed by atoms with van der Waals surface area (Å²) in [4.78, 5) is 2.38. The summed E-state index contributed by atoms with van der Waals surface area (Å²) in [7, 11) is 0. The van der Waals surface area contributed by atoms with Crippen molar-refractivity contribution in [3.8, 4) is 6.07 Å². The van der Waals surface area contributed by atoms with Gasteiger partial charge in [-0.1, -0.05) is 6.42 Å². The number of nitriles is 1. The van der Waals surface area contributed by atoms with Crippen LogP contribution in [0.5, 0.6) is 0 Å². The topological polar surface area (TPSA) is 36.3 Å². The van der Waals surface area contributed by atoms with Crippen molar-refractivity contribution < 1.29 is 4.74 Å². The molecule has 1 heterocycles. The molecule has 2 rings (SSSR count). The molecule has 0 amide bonds. The zero-order valence-electron chi connectivity index (χ0n) is 7.91. The zero-order chi connectivity index (χ0) is 9.10. The highest BCUT2D eigenvalue weighted by molar-refractivity contribution is 4.90. The third kappa shape index (κ3) is 2.20. The molecule has 1 atom stereocenters. The molecule has 0 bridgehead atoms. The first-order valence-electron chi connectivity index (χ1n) is 5.12. The molecular weight excluding hydrogens is 164 g/mol. The normalized spacial score (nSPS) is 30.8. The van der Waals surface area contributed by atoms with E-state index in [1.807, 2.05) is 0 Å². The summed E-state index contributed by atoms with van der Waals surface area (Å²) >= 11 is 0. The van der Waals surface area contributed by atoms with E-state index >= 15 is 0 Å². The molecule has 1 aliphatic heterocycles. The molecule has 72 valence electrons. The van der Waals surface area contributed by atoms with Gasteiger partial charge in [0.25, 0.3) is 0 Å². The second-order valence-electron chi connectivity index (χ2n) is 4.05. The average Bonchev–Trinajstić information content (AvgIpc) is 2.12. The van der Waals surface area contributed by atoms with Crippen LogP contribution in [-0.4, -0.2) is 37.2 Å². The van der Waals surface area contributed by atoms with Crippen LogP contribution in [0, 0.1) is 17.2 Å². The molecule has 1 aliphatic carbocycles. The minimum Gasteiger partial charge on any atom is -0.361 e. The average molecular weight is 180 g/mol. The minimum absolute atomic E-state index is 0.186. The van der Waals surface area contributed by atoms with Crippen LogP contribution in [0.1, 0.15) is 19.3 Å². The maximum absolute atomic E-state index is 8.71. The highest BCUT2D eigenvalue weighted by atomic mass is 16.5. The van der Waals surface area contributed by atoms with Gasteiger partial charge in [0, 0.05) is 19.6 Å². The largest absolute Gasteiger partial charge is 0.361 e. The van der Waals surface area contributed by atoms with Crippen molar-refractivity contribution in [1.82, 2.24) is 4.90 Å². The molecule has 0 aromatic carbocycles. The van der Waals surface area contributed by atoms with Gasteiger partial charge in [0.15, 0.2) is 6.10 Å². The first-order valence-corrected chi connectivity index (χ1v) is 5.12. The van der Waals surface area contributed by atoms with Gasteiger partial charge in [-0.15, -0.1) is 0 Å². The number of hydrogen-bond acceptors (Lipinski definition) is 3. The van der Waals surface area contributed by atoms with Crippen LogP contribution >= 0.6 is 0 Å². The van der Waals surface area contributed by atoms with Crippen LogP contribution < -0.4 is 0 Å². The van der Waals surface area contributed by atoms with Gasteiger partial charge in [0.05, 0.1) is 12.7 Å². The summed E-state index contributed by atoms with van der Waals surface area (Å²) in [6, 6.07) is 2.18. The van der Waals surface area contributed by atoms with Gasteiger partial charge < -0.3 is 4.74 Å². The third-order valence-electron chi connectivity index (χ3n) is 3.04. The van der Waals surface area contributed by atoms with Crippen molar-refractivity contribution in [1.29, 1.82) is 5.26 Å². The maximum atomic E-state index is 8.71. The van der Waals surface area contributed by atoms with E-state index in [0.717, 1.165) is 25.6 Å². The molecule has 0 N–H and O–H groups in total. The van der Waals surface area contributed by atoms with Crippen LogP contribution in [0.4, 0.5) is 0 Å². The summed E-state index contributed by atoms with van der Waals surface area (Å²) in [6.07, 6.45) is 3.98. The van der Waals surface area contributed by atoms with E-state index in [-0.39, 0.29) is 6.10 Å². The van der Waals surface area contributed by atoms with Crippen molar-refractivity contribution in [2.75, 3.05) is 26.2 Å².